The molecule has 1 aromatic heterocycles. The van der Waals surface area contributed by atoms with E-state index in [1.807, 2.05) is 4.90 Å². The number of aryl methyl sites for hydroxylation is 2. The van der Waals surface area contributed by atoms with Gasteiger partial charge in [-0.1, -0.05) is 29.8 Å². The van der Waals surface area contributed by atoms with Crippen LogP contribution in [0.3, 0.4) is 0 Å². The highest BCUT2D eigenvalue weighted by atomic mass is 16.3. The lowest BCUT2D eigenvalue weighted by molar-refractivity contribution is -0.132. The Balaban J connectivity index is 1.32. The molecule has 1 aliphatic heterocycles. The molecule has 0 unspecified atom stereocenters. The highest BCUT2D eigenvalue weighted by molar-refractivity contribution is 5.91. The van der Waals surface area contributed by atoms with Crippen LogP contribution in [0, 0.1) is 12.8 Å². The number of nitrogens with zero attached hydrogens (tertiary/aromatic N) is 1. The van der Waals surface area contributed by atoms with Crippen molar-refractivity contribution in [1.82, 2.24) is 10.2 Å². The lowest BCUT2D eigenvalue weighted by Gasteiger charge is -2.32. The molecule has 0 aliphatic carbocycles. The number of nitrogens with one attached hydrogen (secondary N) is 1. The van der Waals surface area contributed by atoms with Gasteiger partial charge in [0.2, 0.25) is 5.91 Å². The highest BCUT2D eigenvalue weighted by Crippen LogP contribution is 2.23. The Morgan fingerprint density at radius 1 is 1.15 bits per heavy atom. The summed E-state index contributed by atoms with van der Waals surface area (Å²) in [6.07, 6.45) is 6.22. The van der Waals surface area contributed by atoms with E-state index < -0.39 is 0 Å². The van der Waals surface area contributed by atoms with Gasteiger partial charge in [-0.15, -0.1) is 0 Å². The molecule has 1 aliphatic rings. The van der Waals surface area contributed by atoms with Crippen LogP contribution in [0.4, 0.5) is 0 Å². The van der Waals surface area contributed by atoms with Crippen molar-refractivity contribution in [1.29, 1.82) is 0 Å². The van der Waals surface area contributed by atoms with Crippen molar-refractivity contribution in [3.63, 3.8) is 0 Å². The number of hydrogen-bond acceptors (Lipinski definition) is 3. The summed E-state index contributed by atoms with van der Waals surface area (Å²) in [4.78, 5) is 26.1. The number of carbonyl (C=O) groups excluding carboxylic acids is 2. The number of rotatable bonds is 7. The number of hydrogen-bond donors (Lipinski definition) is 1. The van der Waals surface area contributed by atoms with E-state index in [0.717, 1.165) is 32.4 Å². The molecule has 5 nitrogen and oxygen atoms in total. The summed E-state index contributed by atoms with van der Waals surface area (Å²) in [5.41, 5.74) is 2.69. The number of furan rings is 1. The van der Waals surface area contributed by atoms with Gasteiger partial charge >= 0.3 is 0 Å². The molecular weight excluding hydrogens is 340 g/mol. The first-order valence-corrected chi connectivity index (χ1v) is 9.77. The zero-order chi connectivity index (χ0) is 19.1. The minimum absolute atomic E-state index is 0.117. The highest BCUT2D eigenvalue weighted by Gasteiger charge is 2.22. The van der Waals surface area contributed by atoms with Gasteiger partial charge < -0.3 is 14.6 Å². The van der Waals surface area contributed by atoms with Gasteiger partial charge in [0.05, 0.1) is 6.26 Å². The SMILES string of the molecule is Cc1ccc(CCC2CCN(C(=O)CCNC(=O)c3ccco3)CC2)cc1. The normalized spacial score (nSPS) is 14.9. The van der Waals surface area contributed by atoms with Crippen molar-refractivity contribution in [2.45, 2.75) is 39.0 Å². The van der Waals surface area contributed by atoms with E-state index in [-0.39, 0.29) is 17.6 Å². The molecule has 3 rings (SSSR count). The minimum atomic E-state index is -0.275. The molecule has 1 N–H and O–H groups in total. The minimum Gasteiger partial charge on any atom is -0.459 e. The Hall–Kier alpha value is -2.56. The average Bonchev–Trinajstić information content (AvgIpc) is 3.23. The maximum Gasteiger partial charge on any atom is 0.286 e. The molecule has 2 heterocycles. The number of benzene rings is 1. The van der Waals surface area contributed by atoms with Gasteiger partial charge in [-0.25, -0.2) is 0 Å². The third-order valence-electron chi connectivity index (χ3n) is 5.30. The number of piperidine rings is 1. The summed E-state index contributed by atoms with van der Waals surface area (Å²) in [5, 5.41) is 2.73. The molecule has 5 heteroatoms. The zero-order valence-electron chi connectivity index (χ0n) is 15.9. The van der Waals surface area contributed by atoms with Gasteiger partial charge in [0.1, 0.15) is 0 Å². The fraction of sp³-hybridized carbons (Fsp3) is 0.455. The third-order valence-corrected chi connectivity index (χ3v) is 5.30. The van der Waals surface area contributed by atoms with Gasteiger partial charge in [0, 0.05) is 26.1 Å². The van der Waals surface area contributed by atoms with Crippen LogP contribution in [0.5, 0.6) is 0 Å². The van der Waals surface area contributed by atoms with E-state index in [2.05, 4.69) is 36.5 Å². The molecule has 0 spiro atoms. The summed E-state index contributed by atoms with van der Waals surface area (Å²) in [7, 11) is 0. The van der Waals surface area contributed by atoms with Gasteiger partial charge in [-0.3, -0.25) is 9.59 Å². The second-order valence-corrected chi connectivity index (χ2v) is 7.33. The van der Waals surface area contributed by atoms with Crippen molar-refractivity contribution < 1.29 is 14.0 Å². The smallest absolute Gasteiger partial charge is 0.286 e. The fourth-order valence-corrected chi connectivity index (χ4v) is 3.53. The Kier molecular flexibility index (Phi) is 6.69. The molecule has 1 saturated heterocycles. The van der Waals surface area contributed by atoms with Crippen LogP contribution in [0.15, 0.2) is 47.1 Å². The van der Waals surface area contributed by atoms with Gasteiger partial charge in [-0.05, 0) is 56.2 Å². The maximum absolute atomic E-state index is 12.3. The molecule has 1 fully saturated rings. The van der Waals surface area contributed by atoms with Crippen LogP contribution < -0.4 is 5.32 Å². The molecule has 0 saturated carbocycles. The molecule has 0 atom stereocenters. The fourth-order valence-electron chi connectivity index (χ4n) is 3.53. The second-order valence-electron chi connectivity index (χ2n) is 7.33. The molecule has 1 aromatic carbocycles. The van der Waals surface area contributed by atoms with E-state index in [4.69, 9.17) is 4.42 Å². The molecule has 0 bridgehead atoms. The molecule has 0 radical (unpaired) electrons. The lowest BCUT2D eigenvalue weighted by Crippen LogP contribution is -2.40. The molecule has 27 heavy (non-hydrogen) atoms. The van der Waals surface area contributed by atoms with E-state index in [9.17, 15) is 9.59 Å². The van der Waals surface area contributed by atoms with Crippen LogP contribution in [-0.2, 0) is 11.2 Å². The van der Waals surface area contributed by atoms with Crippen molar-refractivity contribution in [3.05, 3.63) is 59.5 Å². The van der Waals surface area contributed by atoms with E-state index >= 15 is 0 Å². The first kappa shape index (κ1) is 19.2. The first-order chi connectivity index (χ1) is 13.1. The number of carbonyl (C=O) groups is 2. The predicted molar refractivity (Wildman–Crippen MR) is 104 cm³/mol. The van der Waals surface area contributed by atoms with Crippen molar-refractivity contribution in [2.24, 2.45) is 5.92 Å². The first-order valence-electron chi connectivity index (χ1n) is 9.77. The standard InChI is InChI=1S/C22H28N2O3/c1-17-4-6-18(7-5-17)8-9-19-11-14-24(15-12-19)21(25)10-13-23-22(26)20-3-2-16-27-20/h2-7,16,19H,8-15H2,1H3,(H,23,26). The van der Waals surface area contributed by atoms with E-state index in [1.165, 1.54) is 23.8 Å². The second kappa shape index (κ2) is 9.40. The topological polar surface area (TPSA) is 62.6 Å². The Labute approximate surface area is 160 Å². The summed E-state index contributed by atoms with van der Waals surface area (Å²) in [5.74, 6) is 0.806. The summed E-state index contributed by atoms with van der Waals surface area (Å²) >= 11 is 0. The average molecular weight is 368 g/mol. The number of amides is 2. The molecule has 2 amide bonds. The van der Waals surface area contributed by atoms with Crippen LogP contribution in [0.1, 0.15) is 47.4 Å². The van der Waals surface area contributed by atoms with Gasteiger partial charge in [-0.2, -0.15) is 0 Å². The van der Waals surface area contributed by atoms with Crippen molar-refractivity contribution >= 4 is 11.8 Å². The lowest BCUT2D eigenvalue weighted by atomic mass is 9.90. The molecule has 2 aromatic rings. The summed E-state index contributed by atoms with van der Waals surface area (Å²) in [6.45, 7) is 4.09. The van der Waals surface area contributed by atoms with Crippen molar-refractivity contribution in [2.75, 3.05) is 19.6 Å². The van der Waals surface area contributed by atoms with E-state index in [0.29, 0.717) is 18.9 Å². The van der Waals surface area contributed by atoms with Gasteiger partial charge in [0.15, 0.2) is 5.76 Å². The Morgan fingerprint density at radius 3 is 2.56 bits per heavy atom. The van der Waals surface area contributed by atoms with Crippen molar-refractivity contribution in [3.8, 4) is 0 Å². The largest absolute Gasteiger partial charge is 0.459 e. The van der Waals surface area contributed by atoms with Crippen LogP contribution in [0.2, 0.25) is 0 Å². The van der Waals surface area contributed by atoms with Crippen LogP contribution >= 0.6 is 0 Å². The summed E-state index contributed by atoms with van der Waals surface area (Å²) in [6, 6.07) is 12.0. The Bertz CT molecular complexity index is 729. The predicted octanol–water partition coefficient (Wildman–Crippen LogP) is 3.58. The maximum atomic E-state index is 12.3. The van der Waals surface area contributed by atoms with Crippen LogP contribution in [-0.4, -0.2) is 36.3 Å². The summed E-state index contributed by atoms with van der Waals surface area (Å²) < 4.78 is 5.03. The quantitative estimate of drug-likeness (QED) is 0.812. The van der Waals surface area contributed by atoms with Crippen LogP contribution in [0.25, 0.3) is 0 Å². The third kappa shape index (κ3) is 5.71. The zero-order valence-corrected chi connectivity index (χ0v) is 15.9. The number of likely N-dealkylation sites (tertiary alicyclic amines) is 1. The molecule has 144 valence electrons. The Morgan fingerprint density at radius 2 is 1.89 bits per heavy atom. The van der Waals surface area contributed by atoms with E-state index in [1.54, 1.807) is 12.1 Å². The monoisotopic (exact) mass is 368 g/mol. The van der Waals surface area contributed by atoms with Gasteiger partial charge in [0.25, 0.3) is 5.91 Å². The molecular formula is C22H28N2O3.